The number of nitrogens with zero attached hydrogens (tertiary/aromatic N) is 1. The minimum Gasteiger partial charge on any atom is -0.465 e. The minimum atomic E-state index is -0.640. The van der Waals surface area contributed by atoms with Gasteiger partial charge in [-0.1, -0.05) is 24.3 Å². The van der Waals surface area contributed by atoms with Crippen LogP contribution >= 0.6 is 0 Å². The predicted molar refractivity (Wildman–Crippen MR) is 128 cm³/mol. The summed E-state index contributed by atoms with van der Waals surface area (Å²) in [6, 6.07) is 16.0. The molecule has 1 aromatic heterocycles. The normalized spacial score (nSPS) is 11.7. The zero-order chi connectivity index (χ0) is 25.1. The maximum atomic E-state index is 13.3. The number of carbonyl (C=O) groups is 2. The molecule has 0 saturated carbocycles. The van der Waals surface area contributed by atoms with Crippen LogP contribution in [-0.2, 0) is 11.3 Å². The number of nitrogens with one attached hydrogen (secondary N) is 2. The molecular formula is C26H22FN3O5. The zero-order valence-electron chi connectivity index (χ0n) is 19.0. The van der Waals surface area contributed by atoms with E-state index in [0.29, 0.717) is 16.6 Å². The highest BCUT2D eigenvalue weighted by Gasteiger charge is 2.17. The lowest BCUT2D eigenvalue weighted by Gasteiger charge is -2.16. The molecule has 4 rings (SSSR count). The SMILES string of the molecule is COC(=O)c1ccc(C(C)n2c(=O)[nH]c3ccc(C(=O)NCc4ccc(F)cc4)cc3c2=O)cc1. The maximum absolute atomic E-state index is 13.3. The highest BCUT2D eigenvalue weighted by atomic mass is 19.1. The van der Waals surface area contributed by atoms with Crippen LogP contribution in [0.1, 0.15) is 44.8 Å². The second-order valence-corrected chi connectivity index (χ2v) is 7.96. The van der Waals surface area contributed by atoms with Gasteiger partial charge in [-0.25, -0.2) is 14.0 Å². The van der Waals surface area contributed by atoms with Crippen LogP contribution in [0, 0.1) is 5.82 Å². The second kappa shape index (κ2) is 9.76. The van der Waals surface area contributed by atoms with Gasteiger partial charge in [-0.2, -0.15) is 0 Å². The molecule has 8 nitrogen and oxygen atoms in total. The Morgan fingerprint density at radius 1 is 1.00 bits per heavy atom. The molecule has 0 bridgehead atoms. The molecule has 3 aromatic carbocycles. The fourth-order valence-corrected chi connectivity index (χ4v) is 3.77. The molecule has 1 atom stereocenters. The van der Waals surface area contributed by atoms with E-state index >= 15 is 0 Å². The van der Waals surface area contributed by atoms with Gasteiger partial charge in [0, 0.05) is 12.1 Å². The van der Waals surface area contributed by atoms with E-state index in [9.17, 15) is 23.6 Å². The monoisotopic (exact) mass is 475 g/mol. The summed E-state index contributed by atoms with van der Waals surface area (Å²) in [5.74, 6) is -1.27. The molecule has 0 aliphatic heterocycles. The molecule has 0 radical (unpaired) electrons. The number of amides is 1. The molecule has 1 amide bonds. The number of methoxy groups -OCH3 is 1. The van der Waals surface area contributed by atoms with Crippen molar-refractivity contribution in [1.82, 2.24) is 14.9 Å². The van der Waals surface area contributed by atoms with E-state index in [4.69, 9.17) is 0 Å². The summed E-state index contributed by atoms with van der Waals surface area (Å²) < 4.78 is 18.8. The summed E-state index contributed by atoms with van der Waals surface area (Å²) in [7, 11) is 1.28. The summed E-state index contributed by atoms with van der Waals surface area (Å²) in [6.45, 7) is 1.88. The minimum absolute atomic E-state index is 0.178. The van der Waals surface area contributed by atoms with Gasteiger partial charge in [0.1, 0.15) is 5.82 Å². The molecule has 1 heterocycles. The molecule has 4 aromatic rings. The van der Waals surface area contributed by atoms with Gasteiger partial charge in [-0.3, -0.25) is 14.2 Å². The Bertz CT molecular complexity index is 1520. The lowest BCUT2D eigenvalue weighted by Crippen LogP contribution is -2.37. The van der Waals surface area contributed by atoms with Crippen LogP contribution in [0.4, 0.5) is 4.39 Å². The molecule has 178 valence electrons. The van der Waals surface area contributed by atoms with Gasteiger partial charge < -0.3 is 15.0 Å². The Kier molecular flexibility index (Phi) is 6.59. The van der Waals surface area contributed by atoms with Crippen molar-refractivity contribution in [3.63, 3.8) is 0 Å². The lowest BCUT2D eigenvalue weighted by molar-refractivity contribution is 0.0600. The van der Waals surface area contributed by atoms with Crippen LogP contribution in [0.15, 0.2) is 76.3 Å². The molecule has 0 spiro atoms. The second-order valence-electron chi connectivity index (χ2n) is 7.96. The Labute approximate surface area is 199 Å². The van der Waals surface area contributed by atoms with Crippen LogP contribution in [0.3, 0.4) is 0 Å². The van der Waals surface area contributed by atoms with Gasteiger partial charge in [0.2, 0.25) is 0 Å². The molecule has 0 aliphatic carbocycles. The van der Waals surface area contributed by atoms with Crippen molar-refractivity contribution in [2.45, 2.75) is 19.5 Å². The summed E-state index contributed by atoms with van der Waals surface area (Å²) in [5, 5.41) is 2.91. The largest absolute Gasteiger partial charge is 0.465 e. The van der Waals surface area contributed by atoms with Crippen LogP contribution in [0.2, 0.25) is 0 Å². The average molecular weight is 475 g/mol. The van der Waals surface area contributed by atoms with Gasteiger partial charge in [-0.15, -0.1) is 0 Å². The van der Waals surface area contributed by atoms with E-state index in [1.807, 2.05) is 0 Å². The lowest BCUT2D eigenvalue weighted by atomic mass is 10.1. The number of hydrogen-bond acceptors (Lipinski definition) is 5. The fourth-order valence-electron chi connectivity index (χ4n) is 3.77. The predicted octanol–water partition coefficient (Wildman–Crippen LogP) is 3.15. The van der Waals surface area contributed by atoms with Gasteiger partial charge >= 0.3 is 11.7 Å². The van der Waals surface area contributed by atoms with E-state index in [0.717, 1.165) is 10.1 Å². The molecular weight excluding hydrogens is 453 g/mol. The summed E-state index contributed by atoms with van der Waals surface area (Å²) in [6.07, 6.45) is 0. The number of halogens is 1. The highest BCUT2D eigenvalue weighted by Crippen LogP contribution is 2.17. The van der Waals surface area contributed by atoms with Crippen molar-refractivity contribution in [2.24, 2.45) is 0 Å². The number of ether oxygens (including phenoxy) is 1. The molecule has 0 aliphatic rings. The summed E-state index contributed by atoms with van der Waals surface area (Å²) >= 11 is 0. The topological polar surface area (TPSA) is 110 Å². The van der Waals surface area contributed by atoms with Gasteiger partial charge in [0.25, 0.3) is 11.5 Å². The first-order valence-corrected chi connectivity index (χ1v) is 10.8. The molecule has 9 heteroatoms. The van der Waals surface area contributed by atoms with Crippen LogP contribution < -0.4 is 16.6 Å². The number of H-pyrrole nitrogens is 1. The molecule has 0 fully saturated rings. The first-order chi connectivity index (χ1) is 16.8. The van der Waals surface area contributed by atoms with Crippen molar-refractivity contribution in [2.75, 3.05) is 7.11 Å². The maximum Gasteiger partial charge on any atom is 0.337 e. The Morgan fingerprint density at radius 2 is 1.66 bits per heavy atom. The molecule has 2 N–H and O–H groups in total. The first kappa shape index (κ1) is 23.6. The molecule has 35 heavy (non-hydrogen) atoms. The van der Waals surface area contributed by atoms with E-state index in [-0.39, 0.29) is 23.3 Å². The zero-order valence-corrected chi connectivity index (χ0v) is 19.0. The van der Waals surface area contributed by atoms with Crippen molar-refractivity contribution in [3.05, 3.63) is 116 Å². The Balaban J connectivity index is 1.64. The molecule has 0 saturated heterocycles. The van der Waals surface area contributed by atoms with Gasteiger partial charge in [-0.05, 0) is 60.5 Å². The number of rotatable bonds is 6. The number of aromatic nitrogens is 2. The summed E-state index contributed by atoms with van der Waals surface area (Å²) in [4.78, 5) is 53.0. The van der Waals surface area contributed by atoms with Crippen molar-refractivity contribution in [1.29, 1.82) is 0 Å². The highest BCUT2D eigenvalue weighted by molar-refractivity contribution is 5.97. The smallest absolute Gasteiger partial charge is 0.337 e. The van der Waals surface area contributed by atoms with Gasteiger partial charge in [0.15, 0.2) is 0 Å². The summed E-state index contributed by atoms with van der Waals surface area (Å²) in [5.41, 5.74) is 1.10. The Morgan fingerprint density at radius 3 is 2.31 bits per heavy atom. The fraction of sp³-hybridized carbons (Fsp3) is 0.154. The van der Waals surface area contributed by atoms with Crippen molar-refractivity contribution >= 4 is 22.8 Å². The van der Waals surface area contributed by atoms with Crippen molar-refractivity contribution < 1.29 is 18.7 Å². The number of benzene rings is 3. The Hall–Kier alpha value is -4.53. The third-order valence-electron chi connectivity index (χ3n) is 5.76. The average Bonchev–Trinajstić information content (AvgIpc) is 2.87. The van der Waals surface area contributed by atoms with E-state index < -0.39 is 29.2 Å². The van der Waals surface area contributed by atoms with Gasteiger partial charge in [0.05, 0.1) is 29.6 Å². The first-order valence-electron chi connectivity index (χ1n) is 10.8. The van der Waals surface area contributed by atoms with E-state index in [2.05, 4.69) is 15.0 Å². The van der Waals surface area contributed by atoms with Crippen LogP contribution in [0.25, 0.3) is 10.9 Å². The van der Waals surface area contributed by atoms with Crippen LogP contribution in [-0.4, -0.2) is 28.5 Å². The van der Waals surface area contributed by atoms with E-state index in [1.165, 1.54) is 37.4 Å². The molecule has 1 unspecified atom stereocenters. The third kappa shape index (κ3) is 4.89. The standard InChI is InChI=1S/C26H22FN3O5/c1-15(17-5-7-18(8-6-17)25(33)35-2)30-24(32)21-13-19(9-12-22(21)29-26(30)34)23(31)28-14-16-3-10-20(27)11-4-16/h3-13,15H,14H2,1-2H3,(H,28,31)(H,29,34). The van der Waals surface area contributed by atoms with Crippen molar-refractivity contribution in [3.8, 4) is 0 Å². The number of fused-ring (bicyclic) bond motifs is 1. The number of carbonyl (C=O) groups excluding carboxylic acids is 2. The number of hydrogen-bond donors (Lipinski definition) is 2. The van der Waals surface area contributed by atoms with E-state index in [1.54, 1.807) is 43.3 Å². The number of esters is 1. The third-order valence-corrected chi connectivity index (χ3v) is 5.76. The quantitative estimate of drug-likeness (QED) is 0.417. The number of aromatic amines is 1. The van der Waals surface area contributed by atoms with Crippen LogP contribution in [0.5, 0.6) is 0 Å².